The molecule has 0 aliphatic carbocycles. The summed E-state index contributed by atoms with van der Waals surface area (Å²) in [6.45, 7) is 8.92. The molecule has 0 rings (SSSR count). The van der Waals surface area contributed by atoms with Crippen LogP contribution in [0.4, 0.5) is 0 Å². The van der Waals surface area contributed by atoms with Crippen molar-refractivity contribution in [2.75, 3.05) is 6.61 Å². The predicted octanol–water partition coefficient (Wildman–Crippen LogP) is 2.08. The van der Waals surface area contributed by atoms with Crippen molar-refractivity contribution in [3.8, 4) is 0 Å². The molecule has 0 saturated heterocycles. The van der Waals surface area contributed by atoms with Crippen LogP contribution in [0.1, 0.15) is 34.6 Å². The summed E-state index contributed by atoms with van der Waals surface area (Å²) in [4.78, 5) is 22.8. The van der Waals surface area contributed by atoms with Gasteiger partial charge in [-0.05, 0) is 26.7 Å². The molecule has 0 N–H and O–H groups in total. The van der Waals surface area contributed by atoms with Crippen molar-refractivity contribution in [1.82, 2.24) is 0 Å². The molecule has 0 heterocycles. The van der Waals surface area contributed by atoms with E-state index >= 15 is 0 Å². The molecule has 0 fully saturated rings. The normalized spacial score (nSPS) is 11.9. The summed E-state index contributed by atoms with van der Waals surface area (Å²) in [7, 11) is 0. The van der Waals surface area contributed by atoms with Gasteiger partial charge in [-0.1, -0.05) is 19.9 Å². The second kappa shape index (κ2) is 6.30. The topological polar surface area (TPSA) is 52.6 Å². The van der Waals surface area contributed by atoms with Gasteiger partial charge in [0.05, 0.1) is 6.61 Å². The van der Waals surface area contributed by atoms with Crippen LogP contribution < -0.4 is 0 Å². The molecule has 0 amide bonds. The lowest BCUT2D eigenvalue weighted by molar-refractivity contribution is -0.176. The Morgan fingerprint density at radius 2 is 1.88 bits per heavy atom. The Morgan fingerprint density at radius 1 is 1.31 bits per heavy atom. The third-order valence-electron chi connectivity index (χ3n) is 1.70. The Balaban J connectivity index is 4.30. The van der Waals surface area contributed by atoms with Gasteiger partial charge < -0.3 is 9.47 Å². The quantitative estimate of drug-likeness (QED) is 0.534. The number of ether oxygens (including phenoxy) is 2. The highest BCUT2D eigenvalue weighted by Gasteiger charge is 2.33. The second-order valence-corrected chi connectivity index (χ2v) is 4.42. The highest BCUT2D eigenvalue weighted by molar-refractivity contribution is 5.87. The first-order valence-corrected chi connectivity index (χ1v) is 5.32. The van der Waals surface area contributed by atoms with E-state index in [2.05, 4.69) is 0 Å². The molecule has 0 radical (unpaired) electrons. The van der Waals surface area contributed by atoms with E-state index in [1.54, 1.807) is 13.0 Å². The van der Waals surface area contributed by atoms with Gasteiger partial charge in [0.25, 0.3) is 0 Å². The van der Waals surface area contributed by atoms with Crippen molar-refractivity contribution in [3.05, 3.63) is 12.2 Å². The average Bonchev–Trinajstić information content (AvgIpc) is 2.13. The summed E-state index contributed by atoms with van der Waals surface area (Å²) in [6.07, 6.45) is 2.81. The van der Waals surface area contributed by atoms with Gasteiger partial charge in [-0.15, -0.1) is 0 Å². The van der Waals surface area contributed by atoms with Gasteiger partial charge in [0.1, 0.15) is 0 Å². The lowest BCUT2D eigenvalue weighted by Gasteiger charge is -2.22. The zero-order chi connectivity index (χ0) is 12.8. The van der Waals surface area contributed by atoms with Gasteiger partial charge in [0.15, 0.2) is 0 Å². The van der Waals surface area contributed by atoms with Gasteiger partial charge in [-0.3, -0.25) is 0 Å². The van der Waals surface area contributed by atoms with Crippen LogP contribution in [0.3, 0.4) is 0 Å². The molecule has 0 aromatic heterocycles. The molecule has 0 atom stereocenters. The van der Waals surface area contributed by atoms with Crippen molar-refractivity contribution in [3.63, 3.8) is 0 Å². The fraction of sp³-hybridized carbons (Fsp3) is 0.667. The second-order valence-electron chi connectivity index (χ2n) is 4.42. The fourth-order valence-electron chi connectivity index (χ4n) is 0.879. The van der Waals surface area contributed by atoms with Crippen molar-refractivity contribution < 1.29 is 19.1 Å². The standard InChI is InChI=1S/C12H20O4/c1-6-7-10(13)16-12(4,5)11(14)15-8-9(2)3/h6-7,9H,8H2,1-5H3. The molecule has 0 saturated carbocycles. The summed E-state index contributed by atoms with van der Waals surface area (Å²) in [6, 6.07) is 0. The van der Waals surface area contributed by atoms with Crippen molar-refractivity contribution in [2.24, 2.45) is 5.92 Å². The molecule has 0 aliphatic rings. The van der Waals surface area contributed by atoms with Gasteiger partial charge in [-0.25, -0.2) is 9.59 Å². The minimum absolute atomic E-state index is 0.256. The summed E-state index contributed by atoms with van der Waals surface area (Å²) in [5.41, 5.74) is -1.24. The molecule has 0 bridgehead atoms. The lowest BCUT2D eigenvalue weighted by Crippen LogP contribution is -2.38. The number of esters is 2. The molecule has 0 aromatic rings. The number of hydrogen-bond acceptors (Lipinski definition) is 4. The average molecular weight is 228 g/mol. The molecule has 16 heavy (non-hydrogen) atoms. The maximum atomic E-state index is 11.6. The third kappa shape index (κ3) is 5.53. The monoisotopic (exact) mass is 228 g/mol. The Hall–Kier alpha value is -1.32. The van der Waals surface area contributed by atoms with Crippen molar-refractivity contribution in [2.45, 2.75) is 40.2 Å². The van der Waals surface area contributed by atoms with E-state index in [-0.39, 0.29) is 5.92 Å². The van der Waals surface area contributed by atoms with E-state index in [9.17, 15) is 9.59 Å². The third-order valence-corrected chi connectivity index (χ3v) is 1.70. The summed E-state index contributed by atoms with van der Waals surface area (Å²) in [5, 5.41) is 0. The van der Waals surface area contributed by atoms with E-state index in [0.29, 0.717) is 6.61 Å². The SMILES string of the molecule is CC=CC(=O)OC(C)(C)C(=O)OCC(C)C. The minimum Gasteiger partial charge on any atom is -0.462 e. The van der Waals surface area contributed by atoms with Crippen LogP contribution in [0.5, 0.6) is 0 Å². The minimum atomic E-state index is -1.24. The van der Waals surface area contributed by atoms with Crippen LogP contribution in [-0.2, 0) is 19.1 Å². The van der Waals surface area contributed by atoms with E-state index in [1.165, 1.54) is 19.9 Å². The molecule has 0 unspecified atom stereocenters. The lowest BCUT2D eigenvalue weighted by atomic mass is 10.1. The highest BCUT2D eigenvalue weighted by atomic mass is 16.6. The summed E-state index contributed by atoms with van der Waals surface area (Å²) < 4.78 is 9.98. The molecular weight excluding hydrogens is 208 g/mol. The van der Waals surface area contributed by atoms with Gasteiger partial charge in [0.2, 0.25) is 5.60 Å². The first kappa shape index (κ1) is 14.7. The first-order chi connectivity index (χ1) is 7.29. The van der Waals surface area contributed by atoms with Crippen LogP contribution in [0.15, 0.2) is 12.2 Å². The largest absolute Gasteiger partial charge is 0.462 e. The van der Waals surface area contributed by atoms with Crippen LogP contribution in [-0.4, -0.2) is 24.1 Å². The molecule has 4 heteroatoms. The molecular formula is C12H20O4. The van der Waals surface area contributed by atoms with Gasteiger partial charge in [-0.2, -0.15) is 0 Å². The molecule has 92 valence electrons. The number of hydrogen-bond donors (Lipinski definition) is 0. The number of carbonyl (C=O) groups is 2. The maximum absolute atomic E-state index is 11.6. The molecule has 0 aliphatic heterocycles. The molecule has 0 aromatic carbocycles. The number of rotatable bonds is 5. The first-order valence-electron chi connectivity index (χ1n) is 5.32. The number of carbonyl (C=O) groups excluding carboxylic acids is 2. The zero-order valence-corrected chi connectivity index (χ0v) is 10.6. The van der Waals surface area contributed by atoms with Crippen molar-refractivity contribution in [1.29, 1.82) is 0 Å². The fourth-order valence-corrected chi connectivity index (χ4v) is 0.879. The van der Waals surface area contributed by atoms with Gasteiger partial charge >= 0.3 is 11.9 Å². The Labute approximate surface area is 96.6 Å². The number of allylic oxidation sites excluding steroid dienone is 1. The Kier molecular flexibility index (Phi) is 5.78. The smallest absolute Gasteiger partial charge is 0.350 e. The highest BCUT2D eigenvalue weighted by Crippen LogP contribution is 2.13. The van der Waals surface area contributed by atoms with Crippen molar-refractivity contribution >= 4 is 11.9 Å². The van der Waals surface area contributed by atoms with E-state index in [0.717, 1.165) is 0 Å². The van der Waals surface area contributed by atoms with E-state index < -0.39 is 17.5 Å². The van der Waals surface area contributed by atoms with Gasteiger partial charge in [0, 0.05) is 6.08 Å². The summed E-state index contributed by atoms with van der Waals surface area (Å²) in [5.74, 6) is -0.820. The Morgan fingerprint density at radius 3 is 2.31 bits per heavy atom. The molecule has 4 nitrogen and oxygen atoms in total. The maximum Gasteiger partial charge on any atom is 0.350 e. The zero-order valence-electron chi connectivity index (χ0n) is 10.6. The van der Waals surface area contributed by atoms with E-state index in [4.69, 9.17) is 9.47 Å². The van der Waals surface area contributed by atoms with Crippen LogP contribution in [0.25, 0.3) is 0 Å². The van der Waals surface area contributed by atoms with Crippen LogP contribution in [0, 0.1) is 5.92 Å². The van der Waals surface area contributed by atoms with E-state index in [1.807, 2.05) is 13.8 Å². The van der Waals surface area contributed by atoms with Crippen LogP contribution in [0.2, 0.25) is 0 Å². The Bertz CT molecular complexity index is 277. The summed E-state index contributed by atoms with van der Waals surface area (Å²) >= 11 is 0. The predicted molar refractivity (Wildman–Crippen MR) is 60.8 cm³/mol. The molecule has 0 spiro atoms. The van der Waals surface area contributed by atoms with Crippen LogP contribution >= 0.6 is 0 Å².